The molecule has 2 aliphatic rings. The molecule has 9 nitrogen and oxygen atoms in total. The monoisotopic (exact) mass is 522 g/mol. The molecule has 37 heavy (non-hydrogen) atoms. The third-order valence-electron chi connectivity index (χ3n) is 6.34. The number of pyridine rings is 1. The molecule has 3 aromatic rings. The van der Waals surface area contributed by atoms with Gasteiger partial charge >= 0.3 is 12.1 Å². The van der Waals surface area contributed by atoms with Crippen molar-refractivity contribution in [1.82, 2.24) is 19.4 Å². The lowest BCUT2D eigenvalue weighted by atomic mass is 10.0. The van der Waals surface area contributed by atoms with Crippen molar-refractivity contribution >= 4 is 40.6 Å². The molecule has 2 fully saturated rings. The highest BCUT2D eigenvalue weighted by atomic mass is 32.2. The Morgan fingerprint density at radius 1 is 1.08 bits per heavy atom. The van der Waals surface area contributed by atoms with Gasteiger partial charge in [0, 0.05) is 53.9 Å². The van der Waals surface area contributed by atoms with Crippen molar-refractivity contribution < 1.29 is 23.9 Å². The number of ether oxygens (including phenoxy) is 2. The fraction of sp³-hybridized carbons (Fsp3) is 0.407. The van der Waals surface area contributed by atoms with Crippen LogP contribution in [0.15, 0.2) is 55.0 Å². The van der Waals surface area contributed by atoms with Crippen molar-refractivity contribution in [2.45, 2.75) is 37.8 Å². The number of nitrogens with zero attached hydrogens (tertiary/aromatic N) is 4. The number of rotatable bonds is 3. The zero-order valence-electron chi connectivity index (χ0n) is 21.1. The van der Waals surface area contributed by atoms with Crippen LogP contribution in [-0.4, -0.2) is 81.0 Å². The average molecular weight is 523 g/mol. The summed E-state index contributed by atoms with van der Waals surface area (Å²) in [6, 6.07) is 10.1. The molecule has 2 amide bonds. The summed E-state index contributed by atoms with van der Waals surface area (Å²) in [5.41, 5.74) is 1.15. The Hall–Kier alpha value is -3.37. The maximum Gasteiger partial charge on any atom is 0.412 e. The van der Waals surface area contributed by atoms with Crippen LogP contribution in [0.1, 0.15) is 42.1 Å². The molecule has 0 saturated carbocycles. The van der Waals surface area contributed by atoms with Crippen LogP contribution in [0.5, 0.6) is 0 Å². The summed E-state index contributed by atoms with van der Waals surface area (Å²) in [6.45, 7) is 7.35. The highest BCUT2D eigenvalue weighted by Crippen LogP contribution is 2.43. The van der Waals surface area contributed by atoms with Crippen LogP contribution < -0.4 is 0 Å². The van der Waals surface area contributed by atoms with Gasteiger partial charge in [0.2, 0.25) is 0 Å². The highest BCUT2D eigenvalue weighted by molar-refractivity contribution is 7.99. The largest absolute Gasteiger partial charge is 0.444 e. The summed E-state index contributed by atoms with van der Waals surface area (Å²) in [5, 5.41) is 0.258. The molecule has 10 heteroatoms. The number of carbonyl (C=O) groups is 3. The predicted molar refractivity (Wildman–Crippen MR) is 141 cm³/mol. The smallest absolute Gasteiger partial charge is 0.412 e. The fourth-order valence-electron chi connectivity index (χ4n) is 4.65. The van der Waals surface area contributed by atoms with Crippen LogP contribution >= 0.6 is 11.8 Å². The average Bonchev–Trinajstić information content (AvgIpc) is 3.51. The Bertz CT molecular complexity index is 1310. The second-order valence-corrected chi connectivity index (χ2v) is 11.2. The maximum absolute atomic E-state index is 14.1. The van der Waals surface area contributed by atoms with Gasteiger partial charge in [0.25, 0.3) is 0 Å². The first-order valence-electron chi connectivity index (χ1n) is 12.3. The van der Waals surface area contributed by atoms with Crippen molar-refractivity contribution in [3.63, 3.8) is 0 Å². The second-order valence-electron chi connectivity index (χ2n) is 10.1. The fourth-order valence-corrected chi connectivity index (χ4v) is 6.05. The first kappa shape index (κ1) is 25.3. The maximum atomic E-state index is 14.1. The van der Waals surface area contributed by atoms with E-state index in [0.29, 0.717) is 48.5 Å². The summed E-state index contributed by atoms with van der Waals surface area (Å²) in [5.74, 6) is 0.170. The summed E-state index contributed by atoms with van der Waals surface area (Å²) in [7, 11) is 0. The second kappa shape index (κ2) is 10.2. The SMILES string of the molecule is CC(C)(C)OC(=O)N1C(c2cccnc2)SC[C@H]1C(=O)c1cn(C(=O)N2CCOCC2)c2ccccc12. The van der Waals surface area contributed by atoms with Gasteiger partial charge in [0.05, 0.1) is 18.7 Å². The molecule has 194 valence electrons. The van der Waals surface area contributed by atoms with E-state index < -0.39 is 23.1 Å². The Balaban J connectivity index is 1.52. The minimum absolute atomic E-state index is 0.198. The zero-order valence-corrected chi connectivity index (χ0v) is 21.9. The van der Waals surface area contributed by atoms with Crippen LogP contribution in [0.25, 0.3) is 10.9 Å². The number of aromatic nitrogens is 2. The summed E-state index contributed by atoms with van der Waals surface area (Å²) in [6.07, 6.45) is 4.43. The molecule has 5 rings (SSSR count). The number of Topliss-reactive ketones (excluding diaryl/α,β-unsaturated/α-hetero) is 1. The zero-order chi connectivity index (χ0) is 26.2. The number of hydrogen-bond donors (Lipinski definition) is 0. The number of benzene rings is 1. The number of thioether (sulfide) groups is 1. The van der Waals surface area contributed by atoms with Crippen LogP contribution in [0.2, 0.25) is 0 Å². The van der Waals surface area contributed by atoms with Crippen molar-refractivity contribution in [2.24, 2.45) is 0 Å². The summed E-state index contributed by atoms with van der Waals surface area (Å²) >= 11 is 1.50. The van der Waals surface area contributed by atoms with Gasteiger partial charge in [-0.3, -0.25) is 19.2 Å². The van der Waals surface area contributed by atoms with E-state index in [9.17, 15) is 14.4 Å². The predicted octanol–water partition coefficient (Wildman–Crippen LogP) is 4.57. The van der Waals surface area contributed by atoms with Gasteiger partial charge < -0.3 is 14.4 Å². The van der Waals surface area contributed by atoms with E-state index in [-0.39, 0.29) is 11.8 Å². The van der Waals surface area contributed by atoms with Crippen LogP contribution in [0, 0.1) is 0 Å². The summed E-state index contributed by atoms with van der Waals surface area (Å²) in [4.78, 5) is 48.3. The Morgan fingerprint density at radius 2 is 1.84 bits per heavy atom. The minimum Gasteiger partial charge on any atom is -0.444 e. The van der Waals surface area contributed by atoms with Crippen LogP contribution in [0.4, 0.5) is 9.59 Å². The lowest BCUT2D eigenvalue weighted by Gasteiger charge is -2.31. The van der Waals surface area contributed by atoms with Gasteiger partial charge in [-0.15, -0.1) is 11.8 Å². The number of morpholine rings is 1. The Morgan fingerprint density at radius 3 is 2.54 bits per heavy atom. The summed E-state index contributed by atoms with van der Waals surface area (Å²) < 4.78 is 12.6. The van der Waals surface area contributed by atoms with Crippen molar-refractivity contribution in [1.29, 1.82) is 0 Å². The molecule has 0 spiro atoms. The van der Waals surface area contributed by atoms with E-state index in [0.717, 1.165) is 5.56 Å². The van der Waals surface area contributed by atoms with Gasteiger partial charge in [-0.05, 0) is 32.9 Å². The van der Waals surface area contributed by atoms with Crippen molar-refractivity contribution in [2.75, 3.05) is 32.1 Å². The minimum atomic E-state index is -0.761. The van der Waals surface area contributed by atoms with E-state index >= 15 is 0 Å². The standard InChI is InChI=1S/C27H30N4O5S/c1-27(2,3)36-26(34)31-22(17-37-24(31)18-7-6-10-28-15-18)23(32)20-16-30(21-9-5-4-8-19(20)21)25(33)29-11-13-35-14-12-29/h4-10,15-16,22,24H,11-14,17H2,1-3H3/t22-,24?/m0/s1. The van der Waals surface area contributed by atoms with E-state index in [1.54, 1.807) is 44.3 Å². The first-order valence-corrected chi connectivity index (χ1v) is 13.3. The number of carbonyl (C=O) groups excluding carboxylic acids is 3. The van der Waals surface area contributed by atoms with Gasteiger partial charge in [-0.2, -0.15) is 0 Å². The molecule has 0 radical (unpaired) electrons. The molecule has 2 atom stereocenters. The molecule has 2 aromatic heterocycles. The van der Waals surface area contributed by atoms with Gasteiger partial charge in [-0.25, -0.2) is 9.59 Å². The van der Waals surface area contributed by atoms with Crippen molar-refractivity contribution in [3.8, 4) is 0 Å². The molecule has 1 aromatic carbocycles. The van der Waals surface area contributed by atoms with Crippen LogP contribution in [-0.2, 0) is 9.47 Å². The molecule has 2 saturated heterocycles. The first-order chi connectivity index (χ1) is 17.7. The van der Waals surface area contributed by atoms with Gasteiger partial charge in [0.15, 0.2) is 5.78 Å². The van der Waals surface area contributed by atoms with E-state index in [1.165, 1.54) is 21.2 Å². The Kier molecular flexibility index (Phi) is 6.96. The number of hydrogen-bond acceptors (Lipinski definition) is 7. The highest BCUT2D eigenvalue weighted by Gasteiger charge is 2.45. The number of ketones is 1. The Labute approximate surface area is 219 Å². The lowest BCUT2D eigenvalue weighted by molar-refractivity contribution is 0.0172. The topological polar surface area (TPSA) is 94.0 Å². The molecular formula is C27H30N4O5S. The lowest BCUT2D eigenvalue weighted by Crippen LogP contribution is -2.45. The van der Waals surface area contributed by atoms with Crippen molar-refractivity contribution in [3.05, 3.63) is 66.1 Å². The van der Waals surface area contributed by atoms with E-state index in [1.807, 2.05) is 36.4 Å². The molecule has 0 N–H and O–H groups in total. The third kappa shape index (κ3) is 5.08. The van der Waals surface area contributed by atoms with E-state index in [2.05, 4.69) is 4.98 Å². The molecule has 4 heterocycles. The van der Waals surface area contributed by atoms with Gasteiger partial charge in [-0.1, -0.05) is 24.3 Å². The van der Waals surface area contributed by atoms with Crippen LogP contribution in [0.3, 0.4) is 0 Å². The molecular weight excluding hydrogens is 492 g/mol. The molecule has 1 unspecified atom stereocenters. The third-order valence-corrected chi connectivity index (χ3v) is 7.67. The normalized spacial score (nSPS) is 20.3. The quantitative estimate of drug-likeness (QED) is 0.465. The molecule has 0 bridgehead atoms. The number of amides is 2. The van der Waals surface area contributed by atoms with Gasteiger partial charge in [0.1, 0.15) is 17.0 Å². The number of para-hydroxylation sites is 1. The van der Waals surface area contributed by atoms with E-state index in [4.69, 9.17) is 9.47 Å². The number of fused-ring (bicyclic) bond motifs is 1. The molecule has 2 aliphatic heterocycles. The molecule has 0 aliphatic carbocycles.